The molecule has 1 aliphatic heterocycles. The largest absolute Gasteiger partial charge is 0.353 e. The lowest BCUT2D eigenvalue weighted by atomic mass is 10.2. The molecular formula is C17H17N3OS. The molecule has 0 unspecified atom stereocenters. The molecule has 1 aliphatic rings. The van der Waals surface area contributed by atoms with Crippen LogP contribution in [0.2, 0.25) is 0 Å². The summed E-state index contributed by atoms with van der Waals surface area (Å²) in [6.07, 6.45) is 0. The number of nitrogens with one attached hydrogen (secondary N) is 1. The van der Waals surface area contributed by atoms with Crippen molar-refractivity contribution < 1.29 is 4.79 Å². The Morgan fingerprint density at radius 2 is 1.86 bits per heavy atom. The van der Waals surface area contributed by atoms with Crippen LogP contribution < -0.4 is 5.32 Å². The number of amidine groups is 1. The summed E-state index contributed by atoms with van der Waals surface area (Å²) in [5.41, 5.74) is 2.31. The highest BCUT2D eigenvalue weighted by Gasteiger charge is 2.14. The molecule has 5 heteroatoms. The van der Waals surface area contributed by atoms with E-state index < -0.39 is 0 Å². The van der Waals surface area contributed by atoms with Gasteiger partial charge in [-0.25, -0.2) is 4.99 Å². The first kappa shape index (κ1) is 14.7. The summed E-state index contributed by atoms with van der Waals surface area (Å²) in [5, 5.41) is 3.93. The van der Waals surface area contributed by atoms with E-state index in [9.17, 15) is 4.79 Å². The van der Waals surface area contributed by atoms with Crippen molar-refractivity contribution in [3.63, 3.8) is 0 Å². The molecule has 1 N–H and O–H groups in total. The van der Waals surface area contributed by atoms with Crippen LogP contribution in [0.15, 0.2) is 59.6 Å². The lowest BCUT2D eigenvalue weighted by Gasteiger charge is -2.10. The minimum absolute atomic E-state index is 0.106. The van der Waals surface area contributed by atoms with Crippen molar-refractivity contribution in [2.75, 3.05) is 24.7 Å². The van der Waals surface area contributed by atoms with Crippen molar-refractivity contribution in [2.24, 2.45) is 4.99 Å². The Labute approximate surface area is 134 Å². The molecule has 4 nitrogen and oxygen atoms in total. The molecule has 0 bridgehead atoms. The number of hydrogen-bond acceptors (Lipinski definition) is 3. The quantitative estimate of drug-likeness (QED) is 0.942. The molecule has 1 heterocycles. The second-order valence-electron chi connectivity index (χ2n) is 5.03. The molecule has 1 saturated heterocycles. The number of carbonyl (C=O) groups excluding carboxylic acids is 1. The summed E-state index contributed by atoms with van der Waals surface area (Å²) in [6, 6.07) is 16.8. The Morgan fingerprint density at radius 1 is 1.14 bits per heavy atom. The number of nitrogens with zero attached hydrogens (tertiary/aromatic N) is 2. The first-order valence-electron chi connectivity index (χ1n) is 7.11. The fraction of sp³-hybridized carbons (Fsp3) is 0.176. The molecule has 1 fully saturated rings. The van der Waals surface area contributed by atoms with Crippen LogP contribution in [0.5, 0.6) is 0 Å². The lowest BCUT2D eigenvalue weighted by molar-refractivity contribution is 0.102. The van der Waals surface area contributed by atoms with Crippen LogP contribution in [0.1, 0.15) is 10.4 Å². The van der Waals surface area contributed by atoms with Crippen molar-refractivity contribution in [3.8, 4) is 0 Å². The van der Waals surface area contributed by atoms with Crippen LogP contribution in [0.25, 0.3) is 0 Å². The van der Waals surface area contributed by atoms with Crippen LogP contribution in [0, 0.1) is 0 Å². The van der Waals surface area contributed by atoms with Gasteiger partial charge in [0.25, 0.3) is 5.91 Å². The molecule has 0 radical (unpaired) electrons. The summed E-state index contributed by atoms with van der Waals surface area (Å²) in [6.45, 7) is 1.04. The van der Waals surface area contributed by atoms with Crippen molar-refractivity contribution in [1.82, 2.24) is 4.90 Å². The number of anilines is 1. The average Bonchev–Trinajstić information content (AvgIpc) is 2.95. The predicted molar refractivity (Wildman–Crippen MR) is 93.0 cm³/mol. The average molecular weight is 311 g/mol. The summed E-state index contributed by atoms with van der Waals surface area (Å²) < 4.78 is 0. The van der Waals surface area contributed by atoms with Gasteiger partial charge in [0.05, 0.1) is 5.69 Å². The van der Waals surface area contributed by atoms with Crippen molar-refractivity contribution in [3.05, 3.63) is 60.2 Å². The number of hydrogen-bond donors (Lipinski definition) is 1. The van der Waals surface area contributed by atoms with Crippen LogP contribution in [0.3, 0.4) is 0 Å². The van der Waals surface area contributed by atoms with E-state index in [2.05, 4.69) is 15.2 Å². The fourth-order valence-corrected chi connectivity index (χ4v) is 3.15. The molecule has 0 saturated carbocycles. The van der Waals surface area contributed by atoms with E-state index in [1.807, 2.05) is 49.5 Å². The molecule has 22 heavy (non-hydrogen) atoms. The zero-order valence-electron chi connectivity index (χ0n) is 12.3. The molecule has 2 aromatic rings. The molecule has 0 aromatic heterocycles. The number of amides is 1. The minimum atomic E-state index is -0.106. The molecular weight excluding hydrogens is 294 g/mol. The van der Waals surface area contributed by atoms with E-state index in [0.717, 1.165) is 28.8 Å². The fourth-order valence-electron chi connectivity index (χ4n) is 2.12. The number of carbonyl (C=O) groups is 1. The molecule has 3 rings (SSSR count). The van der Waals surface area contributed by atoms with E-state index in [-0.39, 0.29) is 5.91 Å². The highest BCUT2D eigenvalue weighted by Crippen LogP contribution is 2.23. The van der Waals surface area contributed by atoms with Gasteiger partial charge in [-0.2, -0.15) is 0 Å². The lowest BCUT2D eigenvalue weighted by Crippen LogP contribution is -2.17. The number of aliphatic imine (C=N–C) groups is 1. The first-order valence-corrected chi connectivity index (χ1v) is 8.10. The Kier molecular flexibility index (Phi) is 4.44. The van der Waals surface area contributed by atoms with E-state index in [4.69, 9.17) is 0 Å². The van der Waals surface area contributed by atoms with Crippen LogP contribution in [-0.4, -0.2) is 35.3 Å². The third-order valence-electron chi connectivity index (χ3n) is 3.37. The molecule has 1 amide bonds. The third kappa shape index (κ3) is 3.49. The Balaban J connectivity index is 1.68. The zero-order chi connectivity index (χ0) is 15.4. The van der Waals surface area contributed by atoms with Gasteiger partial charge in [-0.15, -0.1) is 0 Å². The Morgan fingerprint density at radius 3 is 2.50 bits per heavy atom. The molecule has 112 valence electrons. The van der Waals surface area contributed by atoms with Gasteiger partial charge in [0.15, 0.2) is 5.17 Å². The Bertz CT molecular complexity index is 683. The maximum atomic E-state index is 12.1. The maximum absolute atomic E-state index is 12.1. The number of thioether (sulfide) groups is 1. The van der Waals surface area contributed by atoms with Gasteiger partial charge >= 0.3 is 0 Å². The van der Waals surface area contributed by atoms with E-state index >= 15 is 0 Å². The van der Waals surface area contributed by atoms with Gasteiger partial charge in [0.2, 0.25) is 0 Å². The van der Waals surface area contributed by atoms with Gasteiger partial charge in [-0.1, -0.05) is 30.0 Å². The smallest absolute Gasteiger partial charge is 0.255 e. The third-order valence-corrected chi connectivity index (χ3v) is 4.42. The van der Waals surface area contributed by atoms with Crippen molar-refractivity contribution >= 4 is 34.2 Å². The number of rotatable bonds is 3. The summed E-state index contributed by atoms with van der Waals surface area (Å²) in [5.74, 6) is 0.978. The number of benzene rings is 2. The van der Waals surface area contributed by atoms with Crippen molar-refractivity contribution in [1.29, 1.82) is 0 Å². The molecule has 2 aromatic carbocycles. The monoisotopic (exact) mass is 311 g/mol. The minimum Gasteiger partial charge on any atom is -0.353 e. The topological polar surface area (TPSA) is 44.7 Å². The SMILES string of the molecule is CN1CCSC1=Nc1ccc(NC(=O)c2ccccc2)cc1. The van der Waals surface area contributed by atoms with E-state index in [0.29, 0.717) is 5.56 Å². The second-order valence-corrected chi connectivity index (χ2v) is 6.09. The summed E-state index contributed by atoms with van der Waals surface area (Å²) in [4.78, 5) is 18.8. The first-order chi connectivity index (χ1) is 10.7. The predicted octanol–water partition coefficient (Wildman–Crippen LogP) is 3.61. The van der Waals surface area contributed by atoms with Gasteiger partial charge in [0, 0.05) is 30.6 Å². The van der Waals surface area contributed by atoms with Gasteiger partial charge in [0.1, 0.15) is 0 Å². The van der Waals surface area contributed by atoms with Gasteiger partial charge < -0.3 is 10.2 Å². The van der Waals surface area contributed by atoms with Crippen LogP contribution in [0.4, 0.5) is 11.4 Å². The van der Waals surface area contributed by atoms with Crippen LogP contribution in [-0.2, 0) is 0 Å². The normalized spacial score (nSPS) is 16.0. The molecule has 0 spiro atoms. The van der Waals surface area contributed by atoms with Gasteiger partial charge in [-0.3, -0.25) is 4.79 Å². The van der Waals surface area contributed by atoms with Crippen molar-refractivity contribution in [2.45, 2.75) is 0 Å². The Hall–Kier alpha value is -2.27. The summed E-state index contributed by atoms with van der Waals surface area (Å²) in [7, 11) is 2.05. The highest BCUT2D eigenvalue weighted by atomic mass is 32.2. The highest BCUT2D eigenvalue weighted by molar-refractivity contribution is 8.14. The van der Waals surface area contributed by atoms with E-state index in [1.54, 1.807) is 23.9 Å². The zero-order valence-corrected chi connectivity index (χ0v) is 13.1. The summed E-state index contributed by atoms with van der Waals surface area (Å²) >= 11 is 1.76. The standard InChI is InChI=1S/C17H17N3OS/c1-20-11-12-22-17(20)19-15-9-7-14(8-10-15)18-16(21)13-5-3-2-4-6-13/h2-10H,11-12H2,1H3,(H,18,21). The molecule has 0 atom stereocenters. The second kappa shape index (κ2) is 6.66. The molecule has 0 aliphatic carbocycles. The maximum Gasteiger partial charge on any atom is 0.255 e. The van der Waals surface area contributed by atoms with E-state index in [1.165, 1.54) is 0 Å². The van der Waals surface area contributed by atoms with Gasteiger partial charge in [-0.05, 0) is 36.4 Å². The van der Waals surface area contributed by atoms with Crippen LogP contribution >= 0.6 is 11.8 Å².